The minimum absolute atomic E-state index is 0.171. The summed E-state index contributed by atoms with van der Waals surface area (Å²) in [7, 11) is 1.69. The highest BCUT2D eigenvalue weighted by Crippen LogP contribution is 2.41. The average molecular weight is 362 g/mol. The summed E-state index contributed by atoms with van der Waals surface area (Å²) in [6.45, 7) is 3.57. The lowest BCUT2D eigenvalue weighted by molar-refractivity contribution is 0.305. The summed E-state index contributed by atoms with van der Waals surface area (Å²) in [6, 6.07) is 12.7. The standard InChI is InChI=1S/C18H20BrNO2/c1-3-22-18-13-10-11-20-17(12(13)8-9-16(18)21-2)14-6-4-5-7-15(14)19/h4-9,17,20H,3,10-11H2,1-2H3. The molecule has 0 amide bonds. The Labute approximate surface area is 139 Å². The first-order valence-corrected chi connectivity index (χ1v) is 8.36. The molecule has 3 nitrogen and oxygen atoms in total. The molecule has 0 radical (unpaired) electrons. The van der Waals surface area contributed by atoms with Gasteiger partial charge in [0.1, 0.15) is 0 Å². The van der Waals surface area contributed by atoms with Crippen LogP contribution in [0.2, 0.25) is 0 Å². The first kappa shape index (κ1) is 15.4. The zero-order valence-corrected chi connectivity index (χ0v) is 14.4. The normalized spacial score (nSPS) is 17.0. The number of ether oxygens (including phenoxy) is 2. The molecule has 0 fully saturated rings. The van der Waals surface area contributed by atoms with E-state index in [2.05, 4.69) is 45.5 Å². The van der Waals surface area contributed by atoms with Gasteiger partial charge in [-0.05, 0) is 36.6 Å². The van der Waals surface area contributed by atoms with Gasteiger partial charge >= 0.3 is 0 Å². The Balaban J connectivity index is 2.11. The maximum atomic E-state index is 5.88. The van der Waals surface area contributed by atoms with Crippen molar-refractivity contribution in [3.05, 3.63) is 57.6 Å². The molecule has 1 unspecified atom stereocenters. The number of hydrogen-bond donors (Lipinski definition) is 1. The van der Waals surface area contributed by atoms with Gasteiger partial charge in [0, 0.05) is 16.6 Å². The van der Waals surface area contributed by atoms with Gasteiger partial charge in [0.2, 0.25) is 0 Å². The number of rotatable bonds is 4. The van der Waals surface area contributed by atoms with Crippen LogP contribution in [0.5, 0.6) is 11.5 Å². The van der Waals surface area contributed by atoms with E-state index in [0.717, 1.165) is 28.9 Å². The molecule has 2 aromatic rings. The largest absolute Gasteiger partial charge is 0.493 e. The molecule has 1 heterocycles. The summed E-state index contributed by atoms with van der Waals surface area (Å²) in [5.41, 5.74) is 3.76. The van der Waals surface area contributed by atoms with Gasteiger partial charge in [-0.3, -0.25) is 0 Å². The van der Waals surface area contributed by atoms with Gasteiger partial charge in [0.05, 0.1) is 19.8 Å². The van der Waals surface area contributed by atoms with Crippen LogP contribution in [0, 0.1) is 0 Å². The summed E-state index contributed by atoms with van der Waals surface area (Å²) >= 11 is 3.67. The molecule has 2 aromatic carbocycles. The van der Waals surface area contributed by atoms with Crippen LogP contribution < -0.4 is 14.8 Å². The van der Waals surface area contributed by atoms with Gasteiger partial charge < -0.3 is 14.8 Å². The van der Waals surface area contributed by atoms with E-state index in [1.54, 1.807) is 7.11 Å². The van der Waals surface area contributed by atoms with E-state index in [0.29, 0.717) is 6.61 Å². The molecule has 1 N–H and O–H groups in total. The molecule has 0 saturated heterocycles. The predicted octanol–water partition coefficient (Wildman–Crippen LogP) is 4.09. The van der Waals surface area contributed by atoms with Gasteiger partial charge in [-0.15, -0.1) is 0 Å². The number of nitrogens with one attached hydrogen (secondary N) is 1. The Morgan fingerprint density at radius 1 is 1.18 bits per heavy atom. The third-order valence-corrected chi connectivity index (χ3v) is 4.74. The Morgan fingerprint density at radius 2 is 2.00 bits per heavy atom. The Bertz CT molecular complexity index is 672. The molecule has 0 aliphatic carbocycles. The fourth-order valence-electron chi connectivity index (χ4n) is 3.05. The molecule has 22 heavy (non-hydrogen) atoms. The third kappa shape index (κ3) is 2.73. The van der Waals surface area contributed by atoms with Crippen molar-refractivity contribution < 1.29 is 9.47 Å². The summed E-state index contributed by atoms with van der Waals surface area (Å²) in [5, 5.41) is 3.61. The van der Waals surface area contributed by atoms with Gasteiger partial charge in [0.15, 0.2) is 11.5 Å². The molecule has 3 rings (SSSR count). The molecule has 1 aliphatic heterocycles. The fraction of sp³-hybridized carbons (Fsp3) is 0.333. The quantitative estimate of drug-likeness (QED) is 0.889. The number of halogens is 1. The lowest BCUT2D eigenvalue weighted by atomic mass is 9.89. The van der Waals surface area contributed by atoms with Gasteiger partial charge in [-0.25, -0.2) is 0 Å². The van der Waals surface area contributed by atoms with E-state index in [1.165, 1.54) is 16.7 Å². The van der Waals surface area contributed by atoms with Crippen molar-refractivity contribution in [1.82, 2.24) is 5.32 Å². The first-order valence-electron chi connectivity index (χ1n) is 7.56. The average Bonchev–Trinajstić information content (AvgIpc) is 2.55. The highest BCUT2D eigenvalue weighted by Gasteiger charge is 2.26. The van der Waals surface area contributed by atoms with Crippen molar-refractivity contribution in [3.63, 3.8) is 0 Å². The molecule has 1 atom stereocenters. The number of benzene rings is 2. The molecule has 0 saturated carbocycles. The third-order valence-electron chi connectivity index (χ3n) is 4.02. The van der Waals surface area contributed by atoms with Crippen molar-refractivity contribution in [2.75, 3.05) is 20.3 Å². The number of methoxy groups -OCH3 is 1. The van der Waals surface area contributed by atoms with E-state index in [4.69, 9.17) is 9.47 Å². The van der Waals surface area contributed by atoms with Crippen molar-refractivity contribution in [3.8, 4) is 11.5 Å². The summed E-state index contributed by atoms with van der Waals surface area (Å²) in [5.74, 6) is 1.70. The molecule has 1 aliphatic rings. The van der Waals surface area contributed by atoms with Crippen LogP contribution in [0.15, 0.2) is 40.9 Å². The summed E-state index contributed by atoms with van der Waals surface area (Å²) < 4.78 is 12.5. The van der Waals surface area contributed by atoms with Crippen molar-refractivity contribution in [2.45, 2.75) is 19.4 Å². The highest BCUT2D eigenvalue weighted by atomic mass is 79.9. The molecular weight excluding hydrogens is 342 g/mol. The minimum Gasteiger partial charge on any atom is -0.493 e. The molecular formula is C18H20BrNO2. The van der Waals surface area contributed by atoms with Crippen LogP contribution in [-0.4, -0.2) is 20.3 Å². The van der Waals surface area contributed by atoms with E-state index >= 15 is 0 Å². The predicted molar refractivity (Wildman–Crippen MR) is 91.9 cm³/mol. The zero-order chi connectivity index (χ0) is 15.5. The second kappa shape index (κ2) is 6.71. The van der Waals surface area contributed by atoms with E-state index in [1.807, 2.05) is 19.1 Å². The topological polar surface area (TPSA) is 30.5 Å². The van der Waals surface area contributed by atoms with Crippen LogP contribution in [-0.2, 0) is 6.42 Å². The van der Waals surface area contributed by atoms with E-state index < -0.39 is 0 Å². The smallest absolute Gasteiger partial charge is 0.164 e. The van der Waals surface area contributed by atoms with Crippen LogP contribution in [0.3, 0.4) is 0 Å². The van der Waals surface area contributed by atoms with Crippen LogP contribution in [0.25, 0.3) is 0 Å². The number of fused-ring (bicyclic) bond motifs is 1. The maximum Gasteiger partial charge on any atom is 0.164 e. The molecule has 0 bridgehead atoms. The molecule has 0 spiro atoms. The van der Waals surface area contributed by atoms with Gasteiger partial charge in [-0.1, -0.05) is 40.2 Å². The van der Waals surface area contributed by atoms with E-state index in [-0.39, 0.29) is 6.04 Å². The van der Waals surface area contributed by atoms with Gasteiger partial charge in [-0.2, -0.15) is 0 Å². The Hall–Kier alpha value is -1.52. The molecule has 4 heteroatoms. The Kier molecular flexibility index (Phi) is 4.69. The molecule has 116 valence electrons. The van der Waals surface area contributed by atoms with Crippen LogP contribution in [0.4, 0.5) is 0 Å². The maximum absolute atomic E-state index is 5.88. The van der Waals surface area contributed by atoms with E-state index in [9.17, 15) is 0 Å². The molecule has 0 aromatic heterocycles. The lowest BCUT2D eigenvalue weighted by Gasteiger charge is -2.30. The van der Waals surface area contributed by atoms with Crippen molar-refractivity contribution in [2.24, 2.45) is 0 Å². The second-order valence-electron chi connectivity index (χ2n) is 5.26. The highest BCUT2D eigenvalue weighted by molar-refractivity contribution is 9.10. The van der Waals surface area contributed by atoms with Crippen LogP contribution in [0.1, 0.15) is 29.7 Å². The lowest BCUT2D eigenvalue weighted by Crippen LogP contribution is -2.31. The summed E-state index contributed by atoms with van der Waals surface area (Å²) in [4.78, 5) is 0. The SMILES string of the molecule is CCOc1c(OC)ccc2c1CCNC2c1ccccc1Br. The zero-order valence-electron chi connectivity index (χ0n) is 12.9. The Morgan fingerprint density at radius 3 is 2.73 bits per heavy atom. The monoisotopic (exact) mass is 361 g/mol. The van der Waals surface area contributed by atoms with Crippen molar-refractivity contribution in [1.29, 1.82) is 0 Å². The first-order chi connectivity index (χ1) is 10.8. The van der Waals surface area contributed by atoms with Crippen molar-refractivity contribution >= 4 is 15.9 Å². The summed E-state index contributed by atoms with van der Waals surface area (Å²) in [6.07, 6.45) is 0.947. The number of hydrogen-bond acceptors (Lipinski definition) is 3. The van der Waals surface area contributed by atoms with Crippen LogP contribution >= 0.6 is 15.9 Å². The second-order valence-corrected chi connectivity index (χ2v) is 6.11. The minimum atomic E-state index is 0.171. The fourth-order valence-corrected chi connectivity index (χ4v) is 3.57. The van der Waals surface area contributed by atoms with Gasteiger partial charge in [0.25, 0.3) is 0 Å².